The molecule has 0 bridgehead atoms. The maximum Gasteiger partial charge on any atom is 0.166 e. The molecule has 2 aromatic carbocycles. The Kier molecular flexibility index (Phi) is 3.38. The van der Waals surface area contributed by atoms with E-state index in [0.717, 1.165) is 16.5 Å². The average molecular weight is 224 g/mol. The van der Waals surface area contributed by atoms with Crippen molar-refractivity contribution in [2.45, 2.75) is 20.3 Å². The lowest BCUT2D eigenvalue weighted by atomic mass is 10.0. The van der Waals surface area contributed by atoms with Crippen LogP contribution in [0.4, 0.5) is 0 Å². The van der Waals surface area contributed by atoms with Crippen molar-refractivity contribution in [2.75, 3.05) is 0 Å². The quantitative estimate of drug-likeness (QED) is 0.558. The van der Waals surface area contributed by atoms with Gasteiger partial charge in [0.1, 0.15) is 0 Å². The predicted octanol–water partition coefficient (Wildman–Crippen LogP) is 4.38. The molecule has 0 aliphatic carbocycles. The van der Waals surface area contributed by atoms with Crippen LogP contribution in [0.2, 0.25) is 0 Å². The molecule has 0 aliphatic rings. The molecular weight excluding hydrogens is 208 g/mol. The van der Waals surface area contributed by atoms with E-state index in [4.69, 9.17) is 0 Å². The molecule has 0 amide bonds. The summed E-state index contributed by atoms with van der Waals surface area (Å²) in [6.45, 7) is 3.95. The third-order valence-corrected chi connectivity index (χ3v) is 3.00. The highest BCUT2D eigenvalue weighted by Gasteiger charge is 2.06. The zero-order chi connectivity index (χ0) is 12.3. The molecule has 2 aromatic rings. The van der Waals surface area contributed by atoms with Gasteiger partial charge in [0.05, 0.1) is 0 Å². The molecule has 86 valence electrons. The molecular formula is C16H16O. The maximum atomic E-state index is 12.0. The van der Waals surface area contributed by atoms with E-state index in [9.17, 15) is 4.79 Å². The van der Waals surface area contributed by atoms with Gasteiger partial charge < -0.3 is 0 Å². The van der Waals surface area contributed by atoms with E-state index in [1.165, 1.54) is 5.39 Å². The Labute approximate surface area is 102 Å². The Bertz CT molecular complexity index is 579. The summed E-state index contributed by atoms with van der Waals surface area (Å²) in [5, 5.41) is 2.29. The highest BCUT2D eigenvalue weighted by molar-refractivity contribution is 6.00. The summed E-state index contributed by atoms with van der Waals surface area (Å²) in [5.41, 5.74) is 1.91. The lowest BCUT2D eigenvalue weighted by Gasteiger charge is -2.03. The number of hydrogen-bond acceptors (Lipinski definition) is 1. The molecule has 2 rings (SSSR count). The standard InChI is InChI=1S/C16H16O/c1-3-12(2)10-16(17)15-9-8-13-6-4-5-7-14(13)11-15/h3-9,11H,10H2,1-2H3/b12-3-. The molecule has 0 saturated heterocycles. The zero-order valence-corrected chi connectivity index (χ0v) is 10.2. The Balaban J connectivity index is 2.33. The van der Waals surface area contributed by atoms with Crippen molar-refractivity contribution in [1.29, 1.82) is 0 Å². The Morgan fingerprint density at radius 1 is 1.12 bits per heavy atom. The summed E-state index contributed by atoms with van der Waals surface area (Å²) in [5.74, 6) is 0.186. The van der Waals surface area contributed by atoms with Crippen molar-refractivity contribution in [3.8, 4) is 0 Å². The average Bonchev–Trinajstić information content (AvgIpc) is 2.38. The summed E-state index contributed by atoms with van der Waals surface area (Å²) in [7, 11) is 0. The molecule has 0 spiro atoms. The van der Waals surface area contributed by atoms with Crippen LogP contribution in [0, 0.1) is 0 Å². The van der Waals surface area contributed by atoms with Crippen LogP contribution in [0.1, 0.15) is 30.6 Å². The van der Waals surface area contributed by atoms with Crippen LogP contribution >= 0.6 is 0 Å². The number of benzene rings is 2. The van der Waals surface area contributed by atoms with Crippen molar-refractivity contribution in [3.05, 3.63) is 59.7 Å². The van der Waals surface area contributed by atoms with Crippen molar-refractivity contribution in [1.82, 2.24) is 0 Å². The zero-order valence-electron chi connectivity index (χ0n) is 10.2. The van der Waals surface area contributed by atoms with Crippen LogP contribution in [0.15, 0.2) is 54.1 Å². The molecule has 0 N–H and O–H groups in total. The summed E-state index contributed by atoms with van der Waals surface area (Å²) >= 11 is 0. The Morgan fingerprint density at radius 2 is 1.82 bits per heavy atom. The van der Waals surface area contributed by atoms with E-state index in [1.54, 1.807) is 0 Å². The first-order chi connectivity index (χ1) is 8.20. The first-order valence-electron chi connectivity index (χ1n) is 5.84. The maximum absolute atomic E-state index is 12.0. The molecule has 0 atom stereocenters. The minimum Gasteiger partial charge on any atom is -0.294 e. The fourth-order valence-corrected chi connectivity index (χ4v) is 1.82. The Morgan fingerprint density at radius 3 is 2.53 bits per heavy atom. The minimum atomic E-state index is 0.186. The van der Waals surface area contributed by atoms with Crippen molar-refractivity contribution in [2.24, 2.45) is 0 Å². The monoisotopic (exact) mass is 224 g/mol. The molecule has 17 heavy (non-hydrogen) atoms. The number of carbonyl (C=O) groups is 1. The van der Waals surface area contributed by atoms with Gasteiger partial charge in [-0.1, -0.05) is 48.0 Å². The van der Waals surface area contributed by atoms with Crippen molar-refractivity contribution < 1.29 is 4.79 Å². The number of fused-ring (bicyclic) bond motifs is 1. The topological polar surface area (TPSA) is 17.1 Å². The van der Waals surface area contributed by atoms with Gasteiger partial charge in [-0.05, 0) is 30.7 Å². The van der Waals surface area contributed by atoms with Crippen LogP contribution in [-0.4, -0.2) is 5.78 Å². The van der Waals surface area contributed by atoms with Crippen LogP contribution in [-0.2, 0) is 0 Å². The van der Waals surface area contributed by atoms with Crippen LogP contribution < -0.4 is 0 Å². The predicted molar refractivity (Wildman–Crippen MR) is 72.3 cm³/mol. The normalized spacial score (nSPS) is 11.8. The number of Topliss-reactive ketones (excluding diaryl/α,β-unsaturated/α-hetero) is 1. The lowest BCUT2D eigenvalue weighted by molar-refractivity contribution is 0.0993. The summed E-state index contributed by atoms with van der Waals surface area (Å²) in [4.78, 5) is 12.0. The third-order valence-electron chi connectivity index (χ3n) is 3.00. The van der Waals surface area contributed by atoms with Crippen LogP contribution in [0.5, 0.6) is 0 Å². The van der Waals surface area contributed by atoms with Gasteiger partial charge in [-0.15, -0.1) is 0 Å². The second-order valence-electron chi connectivity index (χ2n) is 4.30. The SMILES string of the molecule is C/C=C(/C)CC(=O)c1ccc2ccccc2c1. The number of carbonyl (C=O) groups excluding carboxylic acids is 1. The molecule has 1 heteroatoms. The van der Waals surface area contributed by atoms with E-state index >= 15 is 0 Å². The fraction of sp³-hybridized carbons (Fsp3) is 0.188. The van der Waals surface area contributed by atoms with Gasteiger partial charge in [-0.25, -0.2) is 0 Å². The van der Waals surface area contributed by atoms with Gasteiger partial charge in [0.2, 0.25) is 0 Å². The molecule has 0 aromatic heterocycles. The molecule has 0 aliphatic heterocycles. The minimum absolute atomic E-state index is 0.186. The second kappa shape index (κ2) is 4.96. The number of hydrogen-bond donors (Lipinski definition) is 0. The first-order valence-corrected chi connectivity index (χ1v) is 5.84. The number of ketones is 1. The summed E-state index contributed by atoms with van der Waals surface area (Å²) < 4.78 is 0. The number of allylic oxidation sites excluding steroid dienone is 2. The molecule has 0 heterocycles. The smallest absolute Gasteiger partial charge is 0.166 e. The number of rotatable bonds is 3. The fourth-order valence-electron chi connectivity index (χ4n) is 1.82. The molecule has 0 radical (unpaired) electrons. The van der Waals surface area contributed by atoms with Crippen molar-refractivity contribution >= 4 is 16.6 Å². The van der Waals surface area contributed by atoms with E-state index in [1.807, 2.05) is 56.3 Å². The van der Waals surface area contributed by atoms with Gasteiger partial charge in [0.15, 0.2) is 5.78 Å². The highest BCUT2D eigenvalue weighted by Crippen LogP contribution is 2.17. The highest BCUT2D eigenvalue weighted by atomic mass is 16.1. The van der Waals surface area contributed by atoms with E-state index < -0.39 is 0 Å². The second-order valence-corrected chi connectivity index (χ2v) is 4.30. The van der Waals surface area contributed by atoms with E-state index in [2.05, 4.69) is 6.07 Å². The lowest BCUT2D eigenvalue weighted by Crippen LogP contribution is -1.99. The molecule has 0 unspecified atom stereocenters. The van der Waals surface area contributed by atoms with Crippen LogP contribution in [0.3, 0.4) is 0 Å². The molecule has 1 nitrogen and oxygen atoms in total. The van der Waals surface area contributed by atoms with E-state index in [0.29, 0.717) is 6.42 Å². The van der Waals surface area contributed by atoms with E-state index in [-0.39, 0.29) is 5.78 Å². The van der Waals surface area contributed by atoms with Crippen molar-refractivity contribution in [3.63, 3.8) is 0 Å². The Hall–Kier alpha value is -1.89. The van der Waals surface area contributed by atoms with Gasteiger partial charge in [-0.2, -0.15) is 0 Å². The molecule has 0 saturated carbocycles. The van der Waals surface area contributed by atoms with Crippen LogP contribution in [0.25, 0.3) is 10.8 Å². The largest absolute Gasteiger partial charge is 0.294 e. The van der Waals surface area contributed by atoms with Gasteiger partial charge in [0, 0.05) is 12.0 Å². The third kappa shape index (κ3) is 2.62. The summed E-state index contributed by atoms with van der Waals surface area (Å²) in [6, 6.07) is 14.0. The summed E-state index contributed by atoms with van der Waals surface area (Å²) in [6.07, 6.45) is 2.49. The molecule has 0 fully saturated rings. The van der Waals surface area contributed by atoms with Gasteiger partial charge in [-0.3, -0.25) is 4.79 Å². The van der Waals surface area contributed by atoms with Gasteiger partial charge in [0.25, 0.3) is 0 Å². The van der Waals surface area contributed by atoms with Gasteiger partial charge >= 0.3 is 0 Å². The first kappa shape index (κ1) is 11.6.